The summed E-state index contributed by atoms with van der Waals surface area (Å²) in [6.45, 7) is 5.72. The number of amides is 1. The second-order valence-electron chi connectivity index (χ2n) is 6.60. The van der Waals surface area contributed by atoms with Gasteiger partial charge < -0.3 is 5.32 Å². The van der Waals surface area contributed by atoms with Crippen LogP contribution in [0.15, 0.2) is 58.5 Å². The number of hydrogen-bond donors (Lipinski definition) is 1. The summed E-state index contributed by atoms with van der Waals surface area (Å²) in [6, 6.07) is 12.8. The molecule has 0 radical (unpaired) electrons. The first-order valence-corrected chi connectivity index (χ1v) is 10.0. The molecule has 5 nitrogen and oxygen atoms in total. The minimum Gasteiger partial charge on any atom is -0.325 e. The van der Waals surface area contributed by atoms with Crippen LogP contribution in [0, 0.1) is 5.82 Å². The molecule has 1 N–H and O–H groups in total. The van der Waals surface area contributed by atoms with Crippen LogP contribution in [0.1, 0.15) is 33.2 Å². The molecule has 1 heterocycles. The number of carbonyl (C=O) groups is 1. The van der Waals surface area contributed by atoms with E-state index in [1.54, 1.807) is 23.6 Å². The molecule has 28 heavy (non-hydrogen) atoms. The average molecular weight is 399 g/mol. The first-order chi connectivity index (χ1) is 13.4. The lowest BCUT2D eigenvalue weighted by Gasteiger charge is -2.20. The molecule has 1 amide bonds. The summed E-state index contributed by atoms with van der Waals surface area (Å²) >= 11 is 1.24. The third-order valence-corrected chi connectivity index (χ3v) is 5.64. The molecule has 3 aromatic rings. The molecule has 0 aliphatic rings. The summed E-state index contributed by atoms with van der Waals surface area (Å²) in [7, 11) is 0. The van der Waals surface area contributed by atoms with Crippen molar-refractivity contribution < 1.29 is 9.18 Å². The average Bonchev–Trinajstić information content (AvgIpc) is 2.69. The van der Waals surface area contributed by atoms with E-state index in [0.29, 0.717) is 21.7 Å². The van der Waals surface area contributed by atoms with Gasteiger partial charge in [0, 0.05) is 11.7 Å². The minimum atomic E-state index is -0.492. The van der Waals surface area contributed by atoms with Crippen molar-refractivity contribution in [3.05, 3.63) is 64.7 Å². The van der Waals surface area contributed by atoms with Crippen LogP contribution in [-0.4, -0.2) is 20.7 Å². The van der Waals surface area contributed by atoms with E-state index in [0.717, 1.165) is 6.42 Å². The van der Waals surface area contributed by atoms with Crippen LogP contribution < -0.4 is 10.9 Å². The number of aromatic nitrogens is 2. The molecule has 0 bridgehead atoms. The predicted molar refractivity (Wildman–Crippen MR) is 111 cm³/mol. The van der Waals surface area contributed by atoms with E-state index >= 15 is 0 Å². The molecule has 0 saturated heterocycles. The molecule has 0 spiro atoms. The molecular formula is C21H22FN3O2S. The lowest BCUT2D eigenvalue weighted by molar-refractivity contribution is -0.115. The zero-order chi connectivity index (χ0) is 20.3. The molecule has 0 unspecified atom stereocenters. The smallest absolute Gasteiger partial charge is 0.262 e. The number of para-hydroxylation sites is 1. The number of rotatable bonds is 6. The quantitative estimate of drug-likeness (QED) is 0.485. The highest BCUT2D eigenvalue weighted by molar-refractivity contribution is 8.00. The molecule has 1 aromatic heterocycles. The Kier molecular flexibility index (Phi) is 6.14. The van der Waals surface area contributed by atoms with Crippen molar-refractivity contribution in [2.45, 2.75) is 43.6 Å². The van der Waals surface area contributed by atoms with Crippen LogP contribution >= 0.6 is 11.8 Å². The Morgan fingerprint density at radius 1 is 1.18 bits per heavy atom. The number of benzene rings is 2. The van der Waals surface area contributed by atoms with E-state index in [-0.39, 0.29) is 23.3 Å². The number of thioether (sulfide) groups is 1. The summed E-state index contributed by atoms with van der Waals surface area (Å²) in [5.41, 5.74) is 1.03. The fourth-order valence-corrected chi connectivity index (χ4v) is 3.78. The van der Waals surface area contributed by atoms with Crippen LogP contribution in [0.25, 0.3) is 10.9 Å². The summed E-state index contributed by atoms with van der Waals surface area (Å²) < 4.78 is 14.7. The maximum absolute atomic E-state index is 13.0. The maximum Gasteiger partial charge on any atom is 0.262 e. The van der Waals surface area contributed by atoms with Crippen molar-refractivity contribution in [1.82, 2.24) is 9.55 Å². The molecule has 146 valence electrons. The highest BCUT2D eigenvalue weighted by atomic mass is 32.2. The molecule has 0 saturated carbocycles. The van der Waals surface area contributed by atoms with Crippen molar-refractivity contribution in [3.8, 4) is 0 Å². The molecule has 0 aliphatic heterocycles. The van der Waals surface area contributed by atoms with Crippen molar-refractivity contribution in [3.63, 3.8) is 0 Å². The largest absolute Gasteiger partial charge is 0.325 e. The highest BCUT2D eigenvalue weighted by Gasteiger charge is 2.21. The predicted octanol–water partition coefficient (Wildman–Crippen LogP) is 4.63. The normalized spacial score (nSPS) is 13.3. The van der Waals surface area contributed by atoms with Gasteiger partial charge in [-0.15, -0.1) is 0 Å². The fourth-order valence-electron chi connectivity index (χ4n) is 2.77. The van der Waals surface area contributed by atoms with Gasteiger partial charge in [0.25, 0.3) is 5.56 Å². The summed E-state index contributed by atoms with van der Waals surface area (Å²) in [6.07, 6.45) is 0.768. The van der Waals surface area contributed by atoms with Crippen LogP contribution in [0.2, 0.25) is 0 Å². The number of anilines is 1. The van der Waals surface area contributed by atoms with Crippen LogP contribution in [0.3, 0.4) is 0 Å². The molecule has 2 aromatic carbocycles. The van der Waals surface area contributed by atoms with E-state index in [2.05, 4.69) is 10.3 Å². The van der Waals surface area contributed by atoms with Gasteiger partial charge in [-0.25, -0.2) is 9.37 Å². The number of halogens is 1. The van der Waals surface area contributed by atoms with Gasteiger partial charge >= 0.3 is 0 Å². The number of carbonyl (C=O) groups excluding carboxylic acids is 1. The zero-order valence-electron chi connectivity index (χ0n) is 16.0. The number of nitrogens with zero attached hydrogens (tertiary/aromatic N) is 2. The first kappa shape index (κ1) is 20.1. The SMILES string of the molecule is CC[C@@H](C)n1c(S[C@@H](C)C(=O)Nc2ccc(F)cc2)nc2ccccc2c1=O. The Morgan fingerprint density at radius 2 is 1.86 bits per heavy atom. The zero-order valence-corrected chi connectivity index (χ0v) is 16.8. The van der Waals surface area contributed by atoms with Gasteiger partial charge in [-0.1, -0.05) is 30.8 Å². The van der Waals surface area contributed by atoms with Crippen molar-refractivity contribution >= 4 is 34.3 Å². The van der Waals surface area contributed by atoms with Gasteiger partial charge in [-0.3, -0.25) is 14.2 Å². The Labute approximate surface area is 167 Å². The number of fused-ring (bicyclic) bond motifs is 1. The van der Waals surface area contributed by atoms with Crippen LogP contribution in [-0.2, 0) is 4.79 Å². The number of nitrogens with one attached hydrogen (secondary N) is 1. The van der Waals surface area contributed by atoms with Gasteiger partial charge in [-0.2, -0.15) is 0 Å². The van der Waals surface area contributed by atoms with E-state index in [1.165, 1.54) is 36.0 Å². The molecule has 2 atom stereocenters. The molecule has 3 rings (SSSR count). The Balaban J connectivity index is 1.90. The van der Waals surface area contributed by atoms with Gasteiger partial charge in [0.15, 0.2) is 5.16 Å². The Bertz CT molecular complexity index is 1050. The molecule has 7 heteroatoms. The second kappa shape index (κ2) is 8.56. The second-order valence-corrected chi connectivity index (χ2v) is 7.91. The molecule has 0 fully saturated rings. The Morgan fingerprint density at radius 3 is 2.54 bits per heavy atom. The van der Waals surface area contributed by atoms with Crippen LogP contribution in [0.5, 0.6) is 0 Å². The Hall–Kier alpha value is -2.67. The van der Waals surface area contributed by atoms with Crippen molar-refractivity contribution in [2.75, 3.05) is 5.32 Å². The fraction of sp³-hybridized carbons (Fsp3) is 0.286. The first-order valence-electron chi connectivity index (χ1n) is 9.15. The number of hydrogen-bond acceptors (Lipinski definition) is 4. The van der Waals surface area contributed by atoms with Gasteiger partial charge in [0.1, 0.15) is 5.82 Å². The van der Waals surface area contributed by atoms with E-state index in [9.17, 15) is 14.0 Å². The van der Waals surface area contributed by atoms with Gasteiger partial charge in [0.05, 0.1) is 16.2 Å². The topological polar surface area (TPSA) is 64.0 Å². The van der Waals surface area contributed by atoms with E-state index in [1.807, 2.05) is 26.0 Å². The maximum atomic E-state index is 13.0. The standard InChI is InChI=1S/C21H22FN3O2S/c1-4-13(2)25-20(27)17-7-5-6-8-18(17)24-21(25)28-14(3)19(26)23-16-11-9-15(22)10-12-16/h5-14H,4H2,1-3H3,(H,23,26)/t13-,14+/m1/s1. The van der Waals surface area contributed by atoms with Gasteiger partial charge in [-0.05, 0) is 56.7 Å². The van der Waals surface area contributed by atoms with E-state index < -0.39 is 5.25 Å². The third-order valence-electron chi connectivity index (χ3n) is 4.57. The third kappa shape index (κ3) is 4.25. The summed E-state index contributed by atoms with van der Waals surface area (Å²) in [5, 5.41) is 3.35. The van der Waals surface area contributed by atoms with Crippen LogP contribution in [0.4, 0.5) is 10.1 Å². The van der Waals surface area contributed by atoms with Crippen molar-refractivity contribution in [2.24, 2.45) is 0 Å². The molecule has 0 aliphatic carbocycles. The monoisotopic (exact) mass is 399 g/mol. The lowest BCUT2D eigenvalue weighted by Crippen LogP contribution is -2.28. The van der Waals surface area contributed by atoms with Gasteiger partial charge in [0.2, 0.25) is 5.91 Å². The molecular weight excluding hydrogens is 377 g/mol. The summed E-state index contributed by atoms with van der Waals surface area (Å²) in [4.78, 5) is 30.2. The highest BCUT2D eigenvalue weighted by Crippen LogP contribution is 2.26. The summed E-state index contributed by atoms with van der Waals surface area (Å²) in [5.74, 6) is -0.604. The van der Waals surface area contributed by atoms with E-state index in [4.69, 9.17) is 0 Å². The lowest BCUT2D eigenvalue weighted by atomic mass is 10.2. The van der Waals surface area contributed by atoms with Crippen molar-refractivity contribution in [1.29, 1.82) is 0 Å². The minimum absolute atomic E-state index is 0.0422.